The van der Waals surface area contributed by atoms with Crippen molar-refractivity contribution >= 4 is 39.6 Å². The second-order valence-electron chi connectivity index (χ2n) is 6.88. The average molecular weight is 403 g/mol. The first-order chi connectivity index (χ1) is 13.0. The highest BCUT2D eigenvalue weighted by molar-refractivity contribution is 7.80. The number of thiocarbonyl (C=S) groups is 1. The molecule has 1 aromatic heterocycles. The molecular weight excluding hydrogens is 376 g/mol. The maximum Gasteiger partial charge on any atom is 0.341 e. The van der Waals surface area contributed by atoms with Crippen LogP contribution < -0.4 is 10.6 Å². The normalized spacial score (nSPS) is 14.2. The van der Waals surface area contributed by atoms with Crippen molar-refractivity contribution in [1.82, 2.24) is 5.32 Å². The molecule has 0 fully saturated rings. The molecule has 0 radical (unpaired) electrons. The Hall–Kier alpha value is -1.92. The van der Waals surface area contributed by atoms with Crippen LogP contribution in [0, 0.1) is 6.92 Å². The lowest BCUT2D eigenvalue weighted by Crippen LogP contribution is -2.32. The summed E-state index contributed by atoms with van der Waals surface area (Å²) in [6.07, 6.45) is 5.14. The molecule has 3 rings (SSSR count). The summed E-state index contributed by atoms with van der Waals surface area (Å²) in [6.45, 7) is 4.21. The topological polar surface area (TPSA) is 50.4 Å². The number of anilines is 1. The van der Waals surface area contributed by atoms with Gasteiger partial charge in [0.2, 0.25) is 0 Å². The van der Waals surface area contributed by atoms with Gasteiger partial charge in [0.05, 0.1) is 18.7 Å². The molecule has 4 nitrogen and oxygen atoms in total. The van der Waals surface area contributed by atoms with Gasteiger partial charge >= 0.3 is 5.97 Å². The summed E-state index contributed by atoms with van der Waals surface area (Å²) in [4.78, 5) is 13.6. The van der Waals surface area contributed by atoms with Crippen molar-refractivity contribution in [2.75, 3.05) is 12.4 Å². The van der Waals surface area contributed by atoms with Crippen molar-refractivity contribution in [3.05, 3.63) is 51.4 Å². The molecule has 2 aromatic rings. The van der Waals surface area contributed by atoms with Gasteiger partial charge < -0.3 is 15.4 Å². The molecule has 27 heavy (non-hydrogen) atoms. The number of carbonyl (C=O) groups is 1. The van der Waals surface area contributed by atoms with Crippen LogP contribution in [-0.4, -0.2) is 18.2 Å². The maximum atomic E-state index is 12.4. The number of rotatable bonds is 5. The fraction of sp³-hybridized carbons (Fsp3) is 0.429. The molecule has 6 heteroatoms. The number of aryl methyl sites for hydroxylation is 2. The van der Waals surface area contributed by atoms with Gasteiger partial charge in [0.25, 0.3) is 0 Å². The van der Waals surface area contributed by atoms with Gasteiger partial charge in [-0.3, -0.25) is 0 Å². The van der Waals surface area contributed by atoms with Gasteiger partial charge in [-0.1, -0.05) is 36.8 Å². The van der Waals surface area contributed by atoms with Crippen molar-refractivity contribution in [3.63, 3.8) is 0 Å². The number of nitrogens with one attached hydrogen (secondary N) is 2. The van der Waals surface area contributed by atoms with Gasteiger partial charge in [-0.15, -0.1) is 11.3 Å². The molecule has 1 unspecified atom stereocenters. The zero-order valence-electron chi connectivity index (χ0n) is 16.1. The Balaban J connectivity index is 1.78. The number of carbonyl (C=O) groups excluding carboxylic acids is 1. The number of thiophene rings is 1. The Bertz CT molecular complexity index is 827. The standard InChI is InChI=1S/C21H26N2O2S2/c1-4-16(14-11-9-13(2)10-12-14)22-21(26)23-19-18(20(24)25-3)15-7-5-6-8-17(15)27-19/h9-12,16H,4-8H2,1-3H3,(H2,22,23,26). The van der Waals surface area contributed by atoms with E-state index in [0.717, 1.165) is 36.2 Å². The fourth-order valence-electron chi connectivity index (χ4n) is 3.49. The van der Waals surface area contributed by atoms with E-state index in [-0.39, 0.29) is 12.0 Å². The third kappa shape index (κ3) is 4.50. The molecule has 2 N–H and O–H groups in total. The Labute approximate surface area is 170 Å². The molecule has 0 spiro atoms. The molecule has 0 aliphatic heterocycles. The highest BCUT2D eigenvalue weighted by Gasteiger charge is 2.26. The van der Waals surface area contributed by atoms with Crippen LogP contribution >= 0.6 is 23.6 Å². The Morgan fingerprint density at radius 1 is 1.26 bits per heavy atom. The van der Waals surface area contributed by atoms with Crippen LogP contribution in [0.5, 0.6) is 0 Å². The predicted molar refractivity (Wildman–Crippen MR) is 116 cm³/mol. The van der Waals surface area contributed by atoms with Crippen molar-refractivity contribution in [3.8, 4) is 0 Å². The molecule has 1 aromatic carbocycles. The first-order valence-corrected chi connectivity index (χ1v) is 10.6. The number of esters is 1. The number of benzene rings is 1. The van der Waals surface area contributed by atoms with E-state index in [9.17, 15) is 4.79 Å². The number of ether oxygens (including phenoxy) is 1. The highest BCUT2D eigenvalue weighted by atomic mass is 32.1. The van der Waals surface area contributed by atoms with Gasteiger partial charge in [0.1, 0.15) is 5.00 Å². The lowest BCUT2D eigenvalue weighted by atomic mass is 9.95. The van der Waals surface area contributed by atoms with Crippen LogP contribution in [-0.2, 0) is 17.6 Å². The molecule has 0 saturated heterocycles. The van der Waals surface area contributed by atoms with E-state index in [1.54, 1.807) is 11.3 Å². The van der Waals surface area contributed by atoms with E-state index in [0.29, 0.717) is 10.7 Å². The summed E-state index contributed by atoms with van der Waals surface area (Å²) in [6, 6.07) is 8.60. The molecule has 0 bridgehead atoms. The van der Waals surface area contributed by atoms with Gasteiger partial charge in [-0.25, -0.2) is 4.79 Å². The van der Waals surface area contributed by atoms with Crippen molar-refractivity contribution in [2.45, 2.75) is 52.0 Å². The number of hydrogen-bond donors (Lipinski definition) is 2. The van der Waals surface area contributed by atoms with Crippen LogP contribution in [0.2, 0.25) is 0 Å². The summed E-state index contributed by atoms with van der Waals surface area (Å²) in [7, 11) is 1.43. The largest absolute Gasteiger partial charge is 0.465 e. The molecule has 0 amide bonds. The van der Waals surface area contributed by atoms with Crippen LogP contribution in [0.4, 0.5) is 5.00 Å². The molecule has 1 aliphatic carbocycles. The average Bonchev–Trinajstić information content (AvgIpc) is 3.04. The molecule has 1 heterocycles. The molecule has 0 saturated carbocycles. The van der Waals surface area contributed by atoms with Gasteiger partial charge in [0.15, 0.2) is 5.11 Å². The van der Waals surface area contributed by atoms with E-state index >= 15 is 0 Å². The number of methoxy groups -OCH3 is 1. The maximum absolute atomic E-state index is 12.4. The SMILES string of the molecule is CCC(NC(=S)Nc1sc2c(c1C(=O)OC)CCCC2)c1ccc(C)cc1. The molecule has 1 aliphatic rings. The van der Waals surface area contributed by atoms with Crippen LogP contribution in [0.15, 0.2) is 24.3 Å². The minimum Gasteiger partial charge on any atom is -0.465 e. The Kier molecular flexibility index (Phi) is 6.50. The van der Waals surface area contributed by atoms with Crippen molar-refractivity contribution < 1.29 is 9.53 Å². The van der Waals surface area contributed by atoms with Gasteiger partial charge in [0, 0.05) is 4.88 Å². The summed E-state index contributed by atoms with van der Waals surface area (Å²) in [5, 5.41) is 7.99. The number of hydrogen-bond acceptors (Lipinski definition) is 4. The lowest BCUT2D eigenvalue weighted by Gasteiger charge is -2.20. The smallest absolute Gasteiger partial charge is 0.341 e. The zero-order chi connectivity index (χ0) is 19.4. The Morgan fingerprint density at radius 2 is 1.96 bits per heavy atom. The molecule has 144 valence electrons. The number of fused-ring (bicyclic) bond motifs is 1. The van der Waals surface area contributed by atoms with Crippen LogP contribution in [0.3, 0.4) is 0 Å². The quantitative estimate of drug-likeness (QED) is 0.534. The van der Waals surface area contributed by atoms with Gasteiger partial charge in [-0.05, 0) is 62.4 Å². The summed E-state index contributed by atoms with van der Waals surface area (Å²) in [5.41, 5.74) is 4.23. The molecular formula is C21H26N2O2S2. The monoisotopic (exact) mass is 402 g/mol. The van der Waals surface area contributed by atoms with Crippen molar-refractivity contribution in [2.24, 2.45) is 0 Å². The summed E-state index contributed by atoms with van der Waals surface area (Å²) >= 11 is 7.19. The minimum absolute atomic E-state index is 0.127. The van der Waals surface area contributed by atoms with E-state index in [1.165, 1.54) is 29.5 Å². The third-order valence-corrected chi connectivity index (χ3v) is 6.41. The second kappa shape index (κ2) is 8.85. The third-order valence-electron chi connectivity index (χ3n) is 4.98. The van der Waals surface area contributed by atoms with E-state index in [1.807, 2.05) is 0 Å². The van der Waals surface area contributed by atoms with E-state index in [4.69, 9.17) is 17.0 Å². The zero-order valence-corrected chi connectivity index (χ0v) is 17.7. The first kappa shape index (κ1) is 19.8. The van der Waals surface area contributed by atoms with Crippen molar-refractivity contribution in [1.29, 1.82) is 0 Å². The summed E-state index contributed by atoms with van der Waals surface area (Å²) < 4.78 is 5.03. The minimum atomic E-state index is -0.287. The lowest BCUT2D eigenvalue weighted by molar-refractivity contribution is 0.0601. The van der Waals surface area contributed by atoms with Gasteiger partial charge in [-0.2, -0.15) is 0 Å². The second-order valence-corrected chi connectivity index (χ2v) is 8.39. The highest BCUT2D eigenvalue weighted by Crippen LogP contribution is 2.38. The Morgan fingerprint density at radius 3 is 2.63 bits per heavy atom. The van der Waals surface area contributed by atoms with E-state index < -0.39 is 0 Å². The first-order valence-electron chi connectivity index (χ1n) is 9.40. The van der Waals surface area contributed by atoms with E-state index in [2.05, 4.69) is 48.7 Å². The fourth-order valence-corrected chi connectivity index (χ4v) is 5.08. The summed E-state index contributed by atoms with van der Waals surface area (Å²) in [5.74, 6) is -0.287. The van der Waals surface area contributed by atoms with Crippen LogP contribution in [0.1, 0.15) is 64.2 Å². The van der Waals surface area contributed by atoms with Crippen LogP contribution in [0.25, 0.3) is 0 Å². The molecule has 1 atom stereocenters. The predicted octanol–water partition coefficient (Wildman–Crippen LogP) is 5.16.